The molecule has 156 valence electrons. The fourth-order valence-corrected chi connectivity index (χ4v) is 3.44. The lowest BCUT2D eigenvalue weighted by Crippen LogP contribution is -2.40. The second-order valence-corrected chi connectivity index (χ2v) is 7.20. The van der Waals surface area contributed by atoms with Crippen LogP contribution in [-0.4, -0.2) is 48.9 Å². The van der Waals surface area contributed by atoms with Gasteiger partial charge in [0, 0.05) is 39.1 Å². The summed E-state index contributed by atoms with van der Waals surface area (Å²) in [6, 6.07) is 0. The molecule has 0 radical (unpaired) electrons. The Morgan fingerprint density at radius 1 is 1.26 bits per heavy atom. The molecule has 1 aliphatic carbocycles. The Hall–Kier alpha value is -0.900. The van der Waals surface area contributed by atoms with Gasteiger partial charge < -0.3 is 19.9 Å². The van der Waals surface area contributed by atoms with Crippen molar-refractivity contribution in [1.82, 2.24) is 20.8 Å². The predicted molar refractivity (Wildman–Crippen MR) is 119 cm³/mol. The molecular weight excluding hydrogens is 457 g/mol. The first-order valence-electron chi connectivity index (χ1n) is 10.0. The van der Waals surface area contributed by atoms with E-state index in [0.717, 1.165) is 37.3 Å². The Labute approximate surface area is 180 Å². The van der Waals surface area contributed by atoms with E-state index in [9.17, 15) is 0 Å². The molecule has 1 saturated carbocycles. The first kappa shape index (κ1) is 24.1. The summed E-state index contributed by atoms with van der Waals surface area (Å²) >= 11 is 0. The van der Waals surface area contributed by atoms with Gasteiger partial charge >= 0.3 is 0 Å². The highest BCUT2D eigenvalue weighted by molar-refractivity contribution is 14.0. The Bertz CT molecular complexity index is 544. The van der Waals surface area contributed by atoms with Crippen LogP contribution in [0, 0.1) is 5.92 Å². The van der Waals surface area contributed by atoms with Crippen LogP contribution in [0.2, 0.25) is 0 Å². The smallest absolute Gasteiger partial charge is 0.228 e. The zero-order chi connectivity index (χ0) is 18.8. The van der Waals surface area contributed by atoms with Crippen molar-refractivity contribution < 1.29 is 9.26 Å². The molecule has 0 bridgehead atoms. The quantitative estimate of drug-likeness (QED) is 0.295. The first-order valence-corrected chi connectivity index (χ1v) is 10.0. The van der Waals surface area contributed by atoms with E-state index in [-0.39, 0.29) is 29.9 Å². The fourth-order valence-electron chi connectivity index (χ4n) is 3.44. The van der Waals surface area contributed by atoms with Gasteiger partial charge in [0.25, 0.3) is 0 Å². The fraction of sp³-hybridized carbons (Fsp3) is 0.842. The van der Waals surface area contributed by atoms with E-state index in [4.69, 9.17) is 9.26 Å². The summed E-state index contributed by atoms with van der Waals surface area (Å²) in [7, 11) is 1.79. The highest BCUT2D eigenvalue weighted by atomic mass is 127. The van der Waals surface area contributed by atoms with E-state index < -0.39 is 0 Å². The van der Waals surface area contributed by atoms with Crippen LogP contribution in [0.4, 0.5) is 0 Å². The monoisotopic (exact) mass is 493 g/mol. The normalized spacial score (nSPS) is 16.4. The molecule has 0 amide bonds. The third-order valence-electron chi connectivity index (χ3n) is 4.88. The second kappa shape index (κ2) is 13.3. The SMILES string of the molecule is CCOC(CCNC(=NC)NCCc1nc(C(C)C)no1)C1CCCC1.I. The Kier molecular flexibility index (Phi) is 11.9. The van der Waals surface area contributed by atoms with E-state index in [1.165, 1.54) is 25.7 Å². The van der Waals surface area contributed by atoms with Crippen LogP contribution in [-0.2, 0) is 11.2 Å². The molecule has 0 aromatic carbocycles. The number of guanidine groups is 1. The third-order valence-corrected chi connectivity index (χ3v) is 4.88. The second-order valence-electron chi connectivity index (χ2n) is 7.20. The third kappa shape index (κ3) is 8.33. The standard InChI is InChI=1S/C19H35N5O2.HI/c1-5-25-16(15-8-6-7-9-15)10-12-21-19(20-4)22-13-11-17-23-18(14(2)3)24-26-17;/h14-16H,5-13H2,1-4H3,(H2,20,21,22);1H. The van der Waals surface area contributed by atoms with Crippen LogP contribution in [0.25, 0.3) is 0 Å². The van der Waals surface area contributed by atoms with Gasteiger partial charge in [-0.25, -0.2) is 0 Å². The number of ether oxygens (including phenoxy) is 1. The molecule has 2 N–H and O–H groups in total. The highest BCUT2D eigenvalue weighted by Gasteiger charge is 2.25. The molecule has 0 spiro atoms. The summed E-state index contributed by atoms with van der Waals surface area (Å²) in [6.45, 7) is 8.55. The van der Waals surface area contributed by atoms with Crippen LogP contribution in [0.5, 0.6) is 0 Å². The number of halogens is 1. The maximum Gasteiger partial charge on any atom is 0.228 e. The van der Waals surface area contributed by atoms with Crippen molar-refractivity contribution in [1.29, 1.82) is 0 Å². The van der Waals surface area contributed by atoms with Gasteiger partial charge in [-0.1, -0.05) is 31.8 Å². The lowest BCUT2D eigenvalue weighted by molar-refractivity contribution is 0.0169. The molecule has 1 fully saturated rings. The van der Waals surface area contributed by atoms with E-state index in [1.54, 1.807) is 7.05 Å². The molecular formula is C19H36IN5O2. The summed E-state index contributed by atoms with van der Waals surface area (Å²) in [5.41, 5.74) is 0. The molecule has 1 atom stereocenters. The maximum atomic E-state index is 5.97. The van der Waals surface area contributed by atoms with E-state index >= 15 is 0 Å². The summed E-state index contributed by atoms with van der Waals surface area (Å²) in [4.78, 5) is 8.67. The number of aromatic nitrogens is 2. The van der Waals surface area contributed by atoms with Gasteiger partial charge in [-0.05, 0) is 32.1 Å². The summed E-state index contributed by atoms with van der Waals surface area (Å²) in [5.74, 6) is 3.23. The molecule has 1 aromatic heterocycles. The van der Waals surface area contributed by atoms with Gasteiger partial charge in [0.1, 0.15) is 0 Å². The van der Waals surface area contributed by atoms with Crippen molar-refractivity contribution in [3.63, 3.8) is 0 Å². The molecule has 1 aliphatic rings. The molecule has 1 heterocycles. The van der Waals surface area contributed by atoms with Crippen molar-refractivity contribution in [3.05, 3.63) is 11.7 Å². The molecule has 1 aromatic rings. The summed E-state index contributed by atoms with van der Waals surface area (Å²) < 4.78 is 11.2. The zero-order valence-corrected chi connectivity index (χ0v) is 19.5. The van der Waals surface area contributed by atoms with Gasteiger partial charge in [0.05, 0.1) is 6.10 Å². The zero-order valence-electron chi connectivity index (χ0n) is 17.2. The predicted octanol–water partition coefficient (Wildman–Crippen LogP) is 3.50. The first-order chi connectivity index (χ1) is 12.6. The lowest BCUT2D eigenvalue weighted by atomic mass is 9.98. The summed E-state index contributed by atoms with van der Waals surface area (Å²) in [5, 5.41) is 10.7. The van der Waals surface area contributed by atoms with Crippen molar-refractivity contribution >= 4 is 29.9 Å². The Morgan fingerprint density at radius 3 is 2.56 bits per heavy atom. The lowest BCUT2D eigenvalue weighted by Gasteiger charge is -2.24. The Morgan fingerprint density at radius 2 is 1.96 bits per heavy atom. The van der Waals surface area contributed by atoms with Crippen LogP contribution >= 0.6 is 24.0 Å². The Balaban J connectivity index is 0.00000364. The van der Waals surface area contributed by atoms with Crippen LogP contribution in [0.3, 0.4) is 0 Å². The van der Waals surface area contributed by atoms with Gasteiger partial charge in [-0.15, -0.1) is 24.0 Å². The number of aliphatic imine (C=N–C) groups is 1. The largest absolute Gasteiger partial charge is 0.378 e. The van der Waals surface area contributed by atoms with Gasteiger partial charge in [-0.3, -0.25) is 4.99 Å². The van der Waals surface area contributed by atoms with Crippen molar-refractivity contribution in [2.45, 2.75) is 71.3 Å². The number of nitrogens with one attached hydrogen (secondary N) is 2. The minimum Gasteiger partial charge on any atom is -0.378 e. The molecule has 0 aliphatic heterocycles. The van der Waals surface area contributed by atoms with Crippen molar-refractivity contribution in [2.24, 2.45) is 10.9 Å². The molecule has 27 heavy (non-hydrogen) atoms. The van der Waals surface area contributed by atoms with Gasteiger partial charge in [-0.2, -0.15) is 4.98 Å². The number of hydrogen-bond acceptors (Lipinski definition) is 5. The van der Waals surface area contributed by atoms with Crippen LogP contribution < -0.4 is 10.6 Å². The van der Waals surface area contributed by atoms with E-state index in [2.05, 4.69) is 46.5 Å². The van der Waals surface area contributed by atoms with Crippen LogP contribution in [0.15, 0.2) is 9.52 Å². The minimum atomic E-state index is 0. The average Bonchev–Trinajstić information content (AvgIpc) is 3.31. The average molecular weight is 493 g/mol. The van der Waals surface area contributed by atoms with Gasteiger partial charge in [0.2, 0.25) is 5.89 Å². The summed E-state index contributed by atoms with van der Waals surface area (Å²) in [6.07, 6.45) is 7.37. The number of nitrogens with zero attached hydrogens (tertiary/aromatic N) is 3. The van der Waals surface area contributed by atoms with Crippen LogP contribution in [0.1, 0.15) is 70.5 Å². The molecule has 0 saturated heterocycles. The van der Waals surface area contributed by atoms with Crippen molar-refractivity contribution in [2.75, 3.05) is 26.7 Å². The number of rotatable bonds is 10. The highest BCUT2D eigenvalue weighted by Crippen LogP contribution is 2.30. The van der Waals surface area contributed by atoms with E-state index in [1.807, 2.05) is 0 Å². The molecule has 2 rings (SSSR count). The topological polar surface area (TPSA) is 84.6 Å². The molecule has 7 nitrogen and oxygen atoms in total. The van der Waals surface area contributed by atoms with Gasteiger partial charge in [0.15, 0.2) is 11.8 Å². The minimum absolute atomic E-state index is 0. The molecule has 1 unspecified atom stereocenters. The molecule has 8 heteroatoms. The van der Waals surface area contributed by atoms with E-state index in [0.29, 0.717) is 25.0 Å². The number of hydrogen-bond donors (Lipinski definition) is 2. The maximum absolute atomic E-state index is 5.97. The van der Waals surface area contributed by atoms with Crippen molar-refractivity contribution in [3.8, 4) is 0 Å².